The number of nitrogens with zero attached hydrogens (tertiary/aromatic N) is 4. The molecule has 1 N–H and O–H groups in total. The molecule has 1 heterocycles. The molecule has 1 amide bonds. The number of nitrogens with one attached hydrogen (secondary N) is 1. The molecule has 0 aliphatic heterocycles. The van der Waals surface area contributed by atoms with Crippen LogP contribution in [-0.4, -0.2) is 15.5 Å². The molecule has 1 aromatic heterocycles. The summed E-state index contributed by atoms with van der Waals surface area (Å²) in [6, 6.07) is 17.6. The fraction of sp³-hybridized carbons (Fsp3) is 0.273. The fourth-order valence-electron chi connectivity index (χ4n) is 3.54. The van der Waals surface area contributed by atoms with Crippen molar-refractivity contribution in [2.45, 2.75) is 37.8 Å². The highest BCUT2D eigenvalue weighted by molar-refractivity contribution is 5.84. The Bertz CT molecular complexity index is 1130. The summed E-state index contributed by atoms with van der Waals surface area (Å²) in [6.07, 6.45) is 3.42. The van der Waals surface area contributed by atoms with Gasteiger partial charge in [-0.1, -0.05) is 30.3 Å². The molecule has 2 aromatic carbocycles. The van der Waals surface area contributed by atoms with Crippen LogP contribution in [0, 0.1) is 22.7 Å². The van der Waals surface area contributed by atoms with Crippen molar-refractivity contribution in [3.63, 3.8) is 0 Å². The zero-order valence-corrected chi connectivity index (χ0v) is 15.5. The predicted molar refractivity (Wildman–Crippen MR) is 104 cm³/mol. The summed E-state index contributed by atoms with van der Waals surface area (Å²) in [5.41, 5.74) is 3.60. The van der Waals surface area contributed by atoms with Gasteiger partial charge in [0.15, 0.2) is 0 Å². The van der Waals surface area contributed by atoms with E-state index in [1.165, 1.54) is 0 Å². The first-order valence-electron chi connectivity index (χ1n) is 9.21. The van der Waals surface area contributed by atoms with E-state index in [4.69, 9.17) is 0 Å². The van der Waals surface area contributed by atoms with Gasteiger partial charge in [-0.2, -0.15) is 10.5 Å². The molecule has 0 spiro atoms. The highest BCUT2D eigenvalue weighted by atomic mass is 16.2. The molecule has 3 aromatic rings. The Labute approximate surface area is 163 Å². The van der Waals surface area contributed by atoms with Crippen molar-refractivity contribution < 1.29 is 4.79 Å². The van der Waals surface area contributed by atoms with Crippen LogP contribution in [0.15, 0.2) is 48.8 Å². The van der Waals surface area contributed by atoms with Crippen LogP contribution in [0.1, 0.15) is 42.5 Å². The summed E-state index contributed by atoms with van der Waals surface area (Å²) in [5.74, 6) is -0.153. The van der Waals surface area contributed by atoms with Crippen molar-refractivity contribution in [3.05, 3.63) is 65.5 Å². The zero-order valence-electron chi connectivity index (χ0n) is 15.5. The Morgan fingerprint density at radius 2 is 2.00 bits per heavy atom. The van der Waals surface area contributed by atoms with E-state index in [0.717, 1.165) is 24.0 Å². The summed E-state index contributed by atoms with van der Waals surface area (Å²) in [4.78, 5) is 16.8. The molecule has 1 aliphatic carbocycles. The first kappa shape index (κ1) is 17.8. The maximum Gasteiger partial charge on any atom is 0.240 e. The van der Waals surface area contributed by atoms with E-state index in [9.17, 15) is 15.3 Å². The molecular weight excluding hydrogens is 350 g/mol. The van der Waals surface area contributed by atoms with E-state index in [0.29, 0.717) is 16.6 Å². The Morgan fingerprint density at radius 1 is 1.25 bits per heavy atom. The first-order chi connectivity index (χ1) is 13.6. The van der Waals surface area contributed by atoms with E-state index < -0.39 is 0 Å². The van der Waals surface area contributed by atoms with Gasteiger partial charge in [-0.25, -0.2) is 4.98 Å². The maximum atomic E-state index is 12.5. The number of hydrogen-bond acceptors (Lipinski definition) is 4. The standard InChI is InChI=1S/C22H19N5O/c1-15(16-5-7-18(8-6-16)22(13-24)9-10-22)26-20(28)12-27-14-25-19-4-2-3-17(11-23)21(19)27/h2-8,14-15H,9-10,12H2,1H3,(H,26,28)/t15-/m1/s1. The lowest BCUT2D eigenvalue weighted by Crippen LogP contribution is -2.30. The second-order valence-corrected chi connectivity index (χ2v) is 7.26. The average Bonchev–Trinajstić information content (AvgIpc) is 3.42. The number of rotatable bonds is 5. The summed E-state index contributed by atoms with van der Waals surface area (Å²) >= 11 is 0. The molecule has 28 heavy (non-hydrogen) atoms. The second kappa shape index (κ2) is 6.83. The zero-order chi connectivity index (χ0) is 19.7. The Morgan fingerprint density at radius 3 is 2.64 bits per heavy atom. The van der Waals surface area contributed by atoms with Crippen LogP contribution in [-0.2, 0) is 16.8 Å². The van der Waals surface area contributed by atoms with Crippen molar-refractivity contribution >= 4 is 16.9 Å². The Balaban J connectivity index is 1.46. The van der Waals surface area contributed by atoms with E-state index in [2.05, 4.69) is 22.4 Å². The highest BCUT2D eigenvalue weighted by Crippen LogP contribution is 2.47. The summed E-state index contributed by atoms with van der Waals surface area (Å²) in [7, 11) is 0. The van der Waals surface area contributed by atoms with Crippen molar-refractivity contribution in [1.29, 1.82) is 10.5 Å². The fourth-order valence-corrected chi connectivity index (χ4v) is 3.54. The quantitative estimate of drug-likeness (QED) is 0.746. The van der Waals surface area contributed by atoms with Gasteiger partial charge in [0, 0.05) is 0 Å². The highest BCUT2D eigenvalue weighted by Gasteiger charge is 2.44. The largest absolute Gasteiger partial charge is 0.348 e. The first-order valence-corrected chi connectivity index (χ1v) is 9.21. The minimum absolute atomic E-state index is 0.0924. The predicted octanol–water partition coefficient (Wildman–Crippen LogP) is 3.34. The lowest BCUT2D eigenvalue weighted by atomic mass is 9.95. The number of fused-ring (bicyclic) bond motifs is 1. The summed E-state index contributed by atoms with van der Waals surface area (Å²) in [5, 5.41) is 21.6. The van der Waals surface area contributed by atoms with Gasteiger partial charge >= 0.3 is 0 Å². The van der Waals surface area contributed by atoms with Crippen LogP contribution < -0.4 is 5.32 Å². The van der Waals surface area contributed by atoms with Gasteiger partial charge in [-0.05, 0) is 43.0 Å². The van der Waals surface area contributed by atoms with E-state index in [1.807, 2.05) is 37.3 Å². The smallest absolute Gasteiger partial charge is 0.240 e. The molecule has 1 saturated carbocycles. The number of carbonyl (C=O) groups excluding carboxylic acids is 1. The van der Waals surface area contributed by atoms with Crippen LogP contribution >= 0.6 is 0 Å². The number of imidazole rings is 1. The van der Waals surface area contributed by atoms with Crippen LogP contribution in [0.3, 0.4) is 0 Å². The third-order valence-electron chi connectivity index (χ3n) is 5.38. The molecule has 0 saturated heterocycles. The number of para-hydroxylation sites is 1. The third kappa shape index (κ3) is 3.10. The van der Waals surface area contributed by atoms with Gasteiger partial charge in [0.2, 0.25) is 5.91 Å². The van der Waals surface area contributed by atoms with Gasteiger partial charge in [0.1, 0.15) is 12.6 Å². The number of amides is 1. The number of benzene rings is 2. The van der Waals surface area contributed by atoms with Gasteiger partial charge < -0.3 is 9.88 Å². The number of carbonyl (C=O) groups is 1. The summed E-state index contributed by atoms with van der Waals surface area (Å²) in [6.45, 7) is 2.02. The Kier molecular flexibility index (Phi) is 4.33. The normalized spacial score (nSPS) is 15.4. The van der Waals surface area contributed by atoms with E-state index >= 15 is 0 Å². The van der Waals surface area contributed by atoms with Crippen LogP contribution in [0.2, 0.25) is 0 Å². The van der Waals surface area contributed by atoms with Crippen LogP contribution in [0.4, 0.5) is 0 Å². The van der Waals surface area contributed by atoms with E-state index in [1.54, 1.807) is 23.0 Å². The summed E-state index contributed by atoms with van der Waals surface area (Å²) < 4.78 is 1.70. The van der Waals surface area contributed by atoms with Crippen LogP contribution in [0.5, 0.6) is 0 Å². The molecular formula is C22H19N5O. The molecule has 0 unspecified atom stereocenters. The minimum Gasteiger partial charge on any atom is -0.348 e. The van der Waals surface area contributed by atoms with E-state index in [-0.39, 0.29) is 23.9 Å². The molecule has 6 nitrogen and oxygen atoms in total. The molecule has 6 heteroatoms. The van der Waals surface area contributed by atoms with Crippen molar-refractivity contribution in [1.82, 2.24) is 14.9 Å². The van der Waals surface area contributed by atoms with Gasteiger partial charge in [0.25, 0.3) is 0 Å². The number of nitriles is 2. The third-order valence-corrected chi connectivity index (χ3v) is 5.38. The molecule has 1 fully saturated rings. The molecule has 0 bridgehead atoms. The monoisotopic (exact) mass is 369 g/mol. The molecule has 1 atom stereocenters. The van der Waals surface area contributed by atoms with Gasteiger partial charge in [-0.3, -0.25) is 4.79 Å². The molecule has 138 valence electrons. The lowest BCUT2D eigenvalue weighted by molar-refractivity contribution is -0.122. The maximum absolute atomic E-state index is 12.5. The SMILES string of the molecule is C[C@@H](NC(=O)Cn1cnc2cccc(C#N)c21)c1ccc(C2(C#N)CC2)cc1. The van der Waals surface area contributed by atoms with Crippen molar-refractivity contribution in [3.8, 4) is 12.1 Å². The molecule has 0 radical (unpaired) electrons. The van der Waals surface area contributed by atoms with Crippen molar-refractivity contribution in [2.24, 2.45) is 0 Å². The van der Waals surface area contributed by atoms with Crippen LogP contribution in [0.25, 0.3) is 11.0 Å². The lowest BCUT2D eigenvalue weighted by Gasteiger charge is -2.16. The van der Waals surface area contributed by atoms with Gasteiger partial charge in [-0.15, -0.1) is 0 Å². The second-order valence-electron chi connectivity index (χ2n) is 7.26. The average molecular weight is 369 g/mol. The molecule has 4 rings (SSSR count). The van der Waals surface area contributed by atoms with Gasteiger partial charge in [0.05, 0.1) is 40.5 Å². The topological polar surface area (TPSA) is 94.5 Å². The minimum atomic E-state index is -0.300. The molecule has 1 aliphatic rings. The van der Waals surface area contributed by atoms with Crippen molar-refractivity contribution in [2.75, 3.05) is 0 Å². The number of hydrogen-bond donors (Lipinski definition) is 1. The number of aromatic nitrogens is 2. The Hall–Kier alpha value is -3.64.